The average molecular weight is 209 g/mol. The highest BCUT2D eigenvalue weighted by molar-refractivity contribution is 5.31. The van der Waals surface area contributed by atoms with Gasteiger partial charge in [-0.05, 0) is 12.1 Å². The normalized spacial score (nSPS) is 19.9. The van der Waals surface area contributed by atoms with E-state index in [-0.39, 0.29) is 0 Å². The quantitative estimate of drug-likeness (QED) is 0.792. The summed E-state index contributed by atoms with van der Waals surface area (Å²) in [6, 6.07) is 3.67. The maximum atomic E-state index is 10.5. The number of rotatable bonds is 2. The number of ether oxygens (including phenoxy) is 2. The van der Waals surface area contributed by atoms with E-state index in [1.54, 1.807) is 13.3 Å². The van der Waals surface area contributed by atoms with E-state index in [1.165, 1.54) is 0 Å². The molecule has 1 aliphatic rings. The number of aliphatic hydroxyl groups is 1. The van der Waals surface area contributed by atoms with Crippen LogP contribution in [0, 0.1) is 0 Å². The van der Waals surface area contributed by atoms with Gasteiger partial charge in [-0.2, -0.15) is 0 Å². The molecule has 0 atom stereocenters. The molecule has 2 rings (SSSR count). The Morgan fingerprint density at radius 2 is 2.20 bits per heavy atom. The van der Waals surface area contributed by atoms with Crippen LogP contribution in [0.3, 0.4) is 0 Å². The van der Waals surface area contributed by atoms with E-state index in [0.717, 1.165) is 5.56 Å². The highest BCUT2D eigenvalue weighted by Gasteiger charge is 2.34. The lowest BCUT2D eigenvalue weighted by molar-refractivity contribution is -0.0692. The lowest BCUT2D eigenvalue weighted by Gasteiger charge is -2.32. The summed E-state index contributed by atoms with van der Waals surface area (Å²) in [6.45, 7) is 1.16. The minimum absolute atomic E-state index is 0.502. The maximum Gasteiger partial charge on any atom is 0.219 e. The number of pyridine rings is 1. The Morgan fingerprint density at radius 3 is 2.87 bits per heavy atom. The molecule has 1 aliphatic heterocycles. The topological polar surface area (TPSA) is 51.6 Å². The van der Waals surface area contributed by atoms with Crippen molar-refractivity contribution < 1.29 is 14.6 Å². The van der Waals surface area contributed by atoms with Gasteiger partial charge in [0, 0.05) is 37.8 Å². The molecule has 82 valence electrons. The first-order valence-corrected chi connectivity index (χ1v) is 5.06. The van der Waals surface area contributed by atoms with Gasteiger partial charge in [0.25, 0.3) is 0 Å². The van der Waals surface area contributed by atoms with Crippen LogP contribution in [0.4, 0.5) is 0 Å². The molecule has 4 nitrogen and oxygen atoms in total. The summed E-state index contributed by atoms with van der Waals surface area (Å²) in [5, 5.41) is 10.5. The second-order valence-corrected chi connectivity index (χ2v) is 3.70. The molecule has 1 fully saturated rings. The van der Waals surface area contributed by atoms with Crippen LogP contribution in [0.25, 0.3) is 0 Å². The van der Waals surface area contributed by atoms with Gasteiger partial charge in [0.1, 0.15) is 0 Å². The fourth-order valence-electron chi connectivity index (χ4n) is 1.89. The largest absolute Gasteiger partial charge is 0.481 e. The first kappa shape index (κ1) is 10.4. The summed E-state index contributed by atoms with van der Waals surface area (Å²) in [4.78, 5) is 4.09. The molecule has 4 heteroatoms. The fourth-order valence-corrected chi connectivity index (χ4v) is 1.89. The molecule has 0 radical (unpaired) electrons. The molecule has 1 aromatic rings. The molecule has 0 aliphatic carbocycles. The lowest BCUT2D eigenvalue weighted by atomic mass is 9.87. The van der Waals surface area contributed by atoms with Crippen LogP contribution >= 0.6 is 0 Å². The first-order valence-electron chi connectivity index (χ1n) is 5.06. The zero-order valence-electron chi connectivity index (χ0n) is 8.77. The van der Waals surface area contributed by atoms with E-state index in [0.29, 0.717) is 31.9 Å². The second-order valence-electron chi connectivity index (χ2n) is 3.70. The van der Waals surface area contributed by atoms with Gasteiger partial charge >= 0.3 is 0 Å². The second kappa shape index (κ2) is 4.16. The minimum Gasteiger partial charge on any atom is -0.481 e. The van der Waals surface area contributed by atoms with Crippen molar-refractivity contribution in [1.82, 2.24) is 4.98 Å². The third-order valence-corrected chi connectivity index (χ3v) is 2.79. The number of aromatic nitrogens is 1. The van der Waals surface area contributed by atoms with E-state index < -0.39 is 5.60 Å². The summed E-state index contributed by atoms with van der Waals surface area (Å²) >= 11 is 0. The molecular weight excluding hydrogens is 194 g/mol. The predicted octanol–water partition coefficient (Wildman–Crippen LogP) is 1.09. The molecule has 0 amide bonds. The molecule has 0 unspecified atom stereocenters. The molecule has 1 saturated heterocycles. The Kier molecular flexibility index (Phi) is 2.88. The maximum absolute atomic E-state index is 10.5. The summed E-state index contributed by atoms with van der Waals surface area (Å²) in [5.41, 5.74) is -0.0894. The molecule has 15 heavy (non-hydrogen) atoms. The average Bonchev–Trinajstić information content (AvgIpc) is 2.30. The molecule has 1 N–H and O–H groups in total. The monoisotopic (exact) mass is 209 g/mol. The van der Waals surface area contributed by atoms with E-state index in [9.17, 15) is 5.11 Å². The van der Waals surface area contributed by atoms with Crippen molar-refractivity contribution in [2.24, 2.45) is 0 Å². The van der Waals surface area contributed by atoms with Gasteiger partial charge < -0.3 is 14.6 Å². The SMILES string of the molecule is COc1ncccc1C1(O)CCOCC1. The van der Waals surface area contributed by atoms with Crippen molar-refractivity contribution in [3.05, 3.63) is 23.9 Å². The molecule has 0 aromatic carbocycles. The Labute approximate surface area is 88.9 Å². The molecule has 0 spiro atoms. The number of hydrogen-bond acceptors (Lipinski definition) is 4. The van der Waals surface area contributed by atoms with E-state index in [2.05, 4.69) is 4.98 Å². The van der Waals surface area contributed by atoms with Crippen molar-refractivity contribution >= 4 is 0 Å². The summed E-state index contributed by atoms with van der Waals surface area (Å²) in [5.74, 6) is 0.502. The zero-order valence-corrected chi connectivity index (χ0v) is 8.77. The van der Waals surface area contributed by atoms with Crippen molar-refractivity contribution in [2.75, 3.05) is 20.3 Å². The summed E-state index contributed by atoms with van der Waals surface area (Å²) < 4.78 is 10.4. The smallest absolute Gasteiger partial charge is 0.219 e. The molecule has 0 saturated carbocycles. The van der Waals surface area contributed by atoms with Gasteiger partial charge in [0.15, 0.2) is 0 Å². The van der Waals surface area contributed by atoms with Gasteiger partial charge in [-0.1, -0.05) is 0 Å². The van der Waals surface area contributed by atoms with Crippen molar-refractivity contribution in [1.29, 1.82) is 0 Å². The van der Waals surface area contributed by atoms with E-state index in [1.807, 2.05) is 12.1 Å². The van der Waals surface area contributed by atoms with Crippen LogP contribution in [0.1, 0.15) is 18.4 Å². The Bertz CT molecular complexity index is 334. The van der Waals surface area contributed by atoms with Crippen LogP contribution in [0.2, 0.25) is 0 Å². The molecule has 1 aromatic heterocycles. The highest BCUT2D eigenvalue weighted by Crippen LogP contribution is 2.35. The molecule has 0 bridgehead atoms. The Hall–Kier alpha value is -1.13. The zero-order chi connectivity index (χ0) is 10.7. The van der Waals surface area contributed by atoms with Crippen LogP contribution in [0.15, 0.2) is 18.3 Å². The standard InChI is InChI=1S/C11H15NO3/c1-14-10-9(3-2-6-12-10)11(13)4-7-15-8-5-11/h2-3,6,13H,4-5,7-8H2,1H3. The van der Waals surface area contributed by atoms with Crippen molar-refractivity contribution in [3.63, 3.8) is 0 Å². The van der Waals surface area contributed by atoms with Gasteiger partial charge in [-0.3, -0.25) is 0 Å². The Morgan fingerprint density at radius 1 is 1.47 bits per heavy atom. The Balaban J connectivity index is 2.34. The molecular formula is C11H15NO3. The van der Waals surface area contributed by atoms with E-state index in [4.69, 9.17) is 9.47 Å². The molecule has 2 heterocycles. The fraction of sp³-hybridized carbons (Fsp3) is 0.545. The minimum atomic E-state index is -0.849. The number of methoxy groups -OCH3 is 1. The van der Waals surface area contributed by atoms with Gasteiger partial charge in [0.2, 0.25) is 5.88 Å². The van der Waals surface area contributed by atoms with Crippen LogP contribution in [-0.2, 0) is 10.3 Å². The third-order valence-electron chi connectivity index (χ3n) is 2.79. The number of hydrogen-bond donors (Lipinski definition) is 1. The lowest BCUT2D eigenvalue weighted by Crippen LogP contribution is -2.33. The first-order chi connectivity index (χ1) is 7.26. The van der Waals surface area contributed by atoms with Gasteiger partial charge in [-0.25, -0.2) is 4.98 Å². The van der Waals surface area contributed by atoms with Crippen LogP contribution in [0.5, 0.6) is 5.88 Å². The predicted molar refractivity (Wildman–Crippen MR) is 54.7 cm³/mol. The van der Waals surface area contributed by atoms with Crippen LogP contribution < -0.4 is 4.74 Å². The summed E-state index contributed by atoms with van der Waals surface area (Å²) in [6.07, 6.45) is 2.84. The third kappa shape index (κ3) is 1.96. The van der Waals surface area contributed by atoms with Crippen LogP contribution in [-0.4, -0.2) is 30.4 Å². The van der Waals surface area contributed by atoms with Crippen molar-refractivity contribution in [3.8, 4) is 5.88 Å². The van der Waals surface area contributed by atoms with Gasteiger partial charge in [0.05, 0.1) is 12.7 Å². The highest BCUT2D eigenvalue weighted by atomic mass is 16.5. The number of nitrogens with zero attached hydrogens (tertiary/aromatic N) is 1. The van der Waals surface area contributed by atoms with Gasteiger partial charge in [-0.15, -0.1) is 0 Å². The van der Waals surface area contributed by atoms with Crippen molar-refractivity contribution in [2.45, 2.75) is 18.4 Å². The van der Waals surface area contributed by atoms with E-state index >= 15 is 0 Å². The summed E-state index contributed by atoms with van der Waals surface area (Å²) in [7, 11) is 1.56.